The first-order chi connectivity index (χ1) is 14.9. The molecular weight excluding hydrogens is 416 g/mol. The third-order valence-corrected chi connectivity index (χ3v) is 5.15. The van der Waals surface area contributed by atoms with Crippen molar-refractivity contribution in [2.45, 2.75) is 26.6 Å². The Morgan fingerprint density at radius 2 is 1.87 bits per heavy atom. The van der Waals surface area contributed by atoms with E-state index in [1.165, 1.54) is 0 Å². The van der Waals surface area contributed by atoms with E-state index in [2.05, 4.69) is 6.07 Å². The summed E-state index contributed by atoms with van der Waals surface area (Å²) < 4.78 is 10.7. The van der Waals surface area contributed by atoms with Gasteiger partial charge in [-0.25, -0.2) is 0 Å². The molecular formula is C23H20N2O5S. The van der Waals surface area contributed by atoms with Gasteiger partial charge in [0, 0.05) is 5.56 Å². The lowest BCUT2D eigenvalue weighted by Gasteiger charge is -2.13. The number of carbonyl (C=O) groups excluding carboxylic acids is 3. The van der Waals surface area contributed by atoms with Crippen molar-refractivity contribution in [1.82, 2.24) is 4.90 Å². The Morgan fingerprint density at radius 3 is 2.55 bits per heavy atom. The van der Waals surface area contributed by atoms with Gasteiger partial charge in [0.15, 0.2) is 0 Å². The first-order valence-corrected chi connectivity index (χ1v) is 10.3. The van der Waals surface area contributed by atoms with Gasteiger partial charge < -0.3 is 9.47 Å². The van der Waals surface area contributed by atoms with Gasteiger partial charge in [0.2, 0.25) is 0 Å². The Kier molecular flexibility index (Phi) is 7.11. The molecule has 0 saturated carbocycles. The first-order valence-electron chi connectivity index (χ1n) is 9.53. The van der Waals surface area contributed by atoms with E-state index >= 15 is 0 Å². The second-order valence-corrected chi connectivity index (χ2v) is 7.93. The van der Waals surface area contributed by atoms with Crippen LogP contribution in [0.4, 0.5) is 4.79 Å². The highest BCUT2D eigenvalue weighted by atomic mass is 32.2. The number of thioether (sulfide) groups is 1. The summed E-state index contributed by atoms with van der Waals surface area (Å²) in [6.07, 6.45) is 1.27. The van der Waals surface area contributed by atoms with Crippen LogP contribution < -0.4 is 4.74 Å². The zero-order chi connectivity index (χ0) is 22.4. The summed E-state index contributed by atoms with van der Waals surface area (Å²) in [5.41, 5.74) is 2.06. The molecule has 158 valence electrons. The van der Waals surface area contributed by atoms with Gasteiger partial charge in [-0.3, -0.25) is 19.3 Å². The molecule has 1 aliphatic rings. The normalized spacial score (nSPS) is 14.8. The summed E-state index contributed by atoms with van der Waals surface area (Å²) in [7, 11) is 0. The van der Waals surface area contributed by atoms with Gasteiger partial charge >= 0.3 is 5.97 Å². The van der Waals surface area contributed by atoms with Crippen LogP contribution in [0.2, 0.25) is 0 Å². The third-order valence-electron chi connectivity index (χ3n) is 4.24. The monoisotopic (exact) mass is 436 g/mol. The number of hydrogen-bond acceptors (Lipinski definition) is 7. The van der Waals surface area contributed by atoms with Gasteiger partial charge in [-0.05, 0) is 55.4 Å². The topological polar surface area (TPSA) is 96.7 Å². The molecule has 3 rings (SSSR count). The molecule has 0 radical (unpaired) electrons. The van der Waals surface area contributed by atoms with Crippen molar-refractivity contribution in [2.75, 3.05) is 6.54 Å². The summed E-state index contributed by atoms with van der Waals surface area (Å²) in [6.45, 7) is 3.24. The fraction of sp³-hybridized carbons (Fsp3) is 0.217. The van der Waals surface area contributed by atoms with Crippen molar-refractivity contribution in [3.8, 4) is 11.8 Å². The number of hydrogen-bond donors (Lipinski definition) is 0. The molecule has 0 N–H and O–H groups in total. The lowest BCUT2D eigenvalue weighted by Crippen LogP contribution is -2.35. The average molecular weight is 436 g/mol. The molecule has 31 heavy (non-hydrogen) atoms. The smallest absolute Gasteiger partial charge is 0.326 e. The SMILES string of the molecule is CC(C)OC(=O)CN1C(=O)S/C(=C/c2ccc(OCc3ccccc3C#N)cc2)C1=O. The molecule has 1 saturated heterocycles. The number of rotatable bonds is 7. The van der Waals surface area contributed by atoms with Crippen molar-refractivity contribution >= 4 is 35.0 Å². The first kappa shape index (κ1) is 22.1. The molecule has 2 aromatic carbocycles. The minimum atomic E-state index is -0.627. The maximum absolute atomic E-state index is 12.5. The Morgan fingerprint density at radius 1 is 1.16 bits per heavy atom. The van der Waals surface area contributed by atoms with Crippen LogP contribution in [0.3, 0.4) is 0 Å². The predicted octanol–water partition coefficient (Wildman–Crippen LogP) is 4.13. The predicted molar refractivity (Wildman–Crippen MR) is 116 cm³/mol. The van der Waals surface area contributed by atoms with Crippen molar-refractivity contribution < 1.29 is 23.9 Å². The number of ether oxygens (including phenoxy) is 2. The van der Waals surface area contributed by atoms with Crippen LogP contribution in [0.15, 0.2) is 53.4 Å². The van der Waals surface area contributed by atoms with Gasteiger partial charge in [0.05, 0.1) is 22.6 Å². The van der Waals surface area contributed by atoms with Crippen molar-refractivity contribution in [2.24, 2.45) is 0 Å². The van der Waals surface area contributed by atoms with E-state index in [1.54, 1.807) is 56.3 Å². The molecule has 2 amide bonds. The number of amides is 2. The second-order valence-electron chi connectivity index (χ2n) is 6.93. The number of carbonyl (C=O) groups is 3. The van der Waals surface area contributed by atoms with E-state index < -0.39 is 23.7 Å². The number of esters is 1. The Balaban J connectivity index is 1.63. The highest BCUT2D eigenvalue weighted by Gasteiger charge is 2.36. The van der Waals surface area contributed by atoms with Gasteiger partial charge in [-0.1, -0.05) is 30.3 Å². The van der Waals surface area contributed by atoms with E-state index in [9.17, 15) is 14.4 Å². The average Bonchev–Trinajstić information content (AvgIpc) is 3.00. The molecule has 8 heteroatoms. The zero-order valence-electron chi connectivity index (χ0n) is 17.0. The van der Waals surface area contributed by atoms with Crippen LogP contribution in [0.1, 0.15) is 30.5 Å². The van der Waals surface area contributed by atoms with Crippen LogP contribution in [0.25, 0.3) is 6.08 Å². The van der Waals surface area contributed by atoms with E-state index in [0.717, 1.165) is 22.2 Å². The Labute approximate surface area is 184 Å². The summed E-state index contributed by atoms with van der Waals surface area (Å²) in [6, 6.07) is 16.3. The molecule has 0 spiro atoms. The maximum Gasteiger partial charge on any atom is 0.326 e. The fourth-order valence-electron chi connectivity index (χ4n) is 2.79. The zero-order valence-corrected chi connectivity index (χ0v) is 17.8. The van der Waals surface area contributed by atoms with E-state index in [-0.39, 0.29) is 17.6 Å². The second kappa shape index (κ2) is 9.96. The van der Waals surface area contributed by atoms with Gasteiger partial charge in [-0.15, -0.1) is 0 Å². The minimum absolute atomic E-state index is 0.235. The molecule has 7 nitrogen and oxygen atoms in total. The van der Waals surface area contributed by atoms with Crippen molar-refractivity contribution in [1.29, 1.82) is 5.26 Å². The molecule has 0 aromatic heterocycles. The summed E-state index contributed by atoms with van der Waals surface area (Å²) in [4.78, 5) is 37.5. The summed E-state index contributed by atoms with van der Waals surface area (Å²) in [5.74, 6) is -0.545. The Bertz CT molecular complexity index is 1070. The van der Waals surface area contributed by atoms with E-state index in [4.69, 9.17) is 14.7 Å². The highest BCUT2D eigenvalue weighted by Crippen LogP contribution is 2.32. The number of imide groups is 1. The van der Waals surface area contributed by atoms with Crippen LogP contribution in [-0.4, -0.2) is 34.7 Å². The van der Waals surface area contributed by atoms with Crippen LogP contribution in [0, 0.1) is 11.3 Å². The summed E-state index contributed by atoms with van der Waals surface area (Å²) in [5, 5.41) is 8.63. The molecule has 1 aliphatic heterocycles. The highest BCUT2D eigenvalue weighted by molar-refractivity contribution is 8.18. The third kappa shape index (κ3) is 5.74. The van der Waals surface area contributed by atoms with E-state index in [0.29, 0.717) is 16.9 Å². The molecule has 1 fully saturated rings. The fourth-order valence-corrected chi connectivity index (χ4v) is 3.63. The molecule has 0 aliphatic carbocycles. The van der Waals surface area contributed by atoms with Gasteiger partial charge in [0.25, 0.3) is 11.1 Å². The standard InChI is InChI=1S/C23H20N2O5S/c1-15(2)30-21(26)13-25-22(27)20(31-23(25)28)11-16-7-9-19(10-8-16)29-14-18-6-4-3-5-17(18)12-24/h3-11,15H,13-14H2,1-2H3/b20-11+. The molecule has 1 heterocycles. The molecule has 2 aromatic rings. The quantitative estimate of drug-likeness (QED) is 0.476. The lowest BCUT2D eigenvalue weighted by atomic mass is 10.1. The molecule has 0 bridgehead atoms. The van der Waals surface area contributed by atoms with Crippen LogP contribution in [-0.2, 0) is 20.9 Å². The number of nitriles is 1. The van der Waals surface area contributed by atoms with Crippen LogP contribution in [0.5, 0.6) is 5.75 Å². The molecule has 0 atom stereocenters. The summed E-state index contributed by atoms with van der Waals surface area (Å²) >= 11 is 0.782. The maximum atomic E-state index is 12.5. The Hall–Kier alpha value is -3.57. The number of nitrogens with zero attached hydrogens (tertiary/aromatic N) is 2. The van der Waals surface area contributed by atoms with Crippen molar-refractivity contribution in [3.05, 3.63) is 70.1 Å². The van der Waals surface area contributed by atoms with Crippen molar-refractivity contribution in [3.63, 3.8) is 0 Å². The van der Waals surface area contributed by atoms with E-state index in [1.807, 2.05) is 12.1 Å². The number of benzene rings is 2. The van der Waals surface area contributed by atoms with Gasteiger partial charge in [0.1, 0.15) is 18.9 Å². The minimum Gasteiger partial charge on any atom is -0.489 e. The lowest BCUT2D eigenvalue weighted by molar-refractivity contribution is -0.149. The van der Waals surface area contributed by atoms with Gasteiger partial charge in [-0.2, -0.15) is 5.26 Å². The molecule has 0 unspecified atom stereocenters. The van der Waals surface area contributed by atoms with Crippen LogP contribution >= 0.6 is 11.8 Å². The largest absolute Gasteiger partial charge is 0.489 e.